The van der Waals surface area contributed by atoms with Crippen LogP contribution in [-0.4, -0.2) is 55.6 Å². The van der Waals surface area contributed by atoms with Gasteiger partial charge in [-0.1, -0.05) is 0 Å². The van der Waals surface area contributed by atoms with E-state index in [0.717, 1.165) is 41.4 Å². The number of ether oxygens (including phenoxy) is 1. The zero-order valence-electron chi connectivity index (χ0n) is 14.9. The summed E-state index contributed by atoms with van der Waals surface area (Å²) in [6.45, 7) is 6.06. The minimum absolute atomic E-state index is 0.0673. The molecule has 2 aliphatic rings. The summed E-state index contributed by atoms with van der Waals surface area (Å²) in [5.41, 5.74) is 3.73. The van der Waals surface area contributed by atoms with E-state index in [9.17, 15) is 4.21 Å². The van der Waals surface area contributed by atoms with Gasteiger partial charge in [-0.25, -0.2) is 15.0 Å². The average molecular weight is 371 g/mol. The summed E-state index contributed by atoms with van der Waals surface area (Å²) >= 11 is 0. The monoisotopic (exact) mass is 371 g/mol. The van der Waals surface area contributed by atoms with Gasteiger partial charge in [-0.2, -0.15) is 0 Å². The number of aromatic nitrogens is 3. The second-order valence-electron chi connectivity index (χ2n) is 6.61. The van der Waals surface area contributed by atoms with Gasteiger partial charge in [0.15, 0.2) is 0 Å². The first-order valence-corrected chi connectivity index (χ1v) is 10.2. The first kappa shape index (κ1) is 17.1. The Hall–Kier alpha value is -2.35. The molecule has 0 bridgehead atoms. The first-order valence-electron chi connectivity index (χ1n) is 8.73. The number of hydrogen-bond donors (Lipinski definition) is 0. The fourth-order valence-electron chi connectivity index (χ4n) is 3.10. The Kier molecular flexibility index (Phi) is 4.67. The maximum Gasteiger partial charge on any atom is 0.214 e. The molecule has 4 rings (SSSR count). The highest BCUT2D eigenvalue weighted by Crippen LogP contribution is 2.26. The number of aliphatic imine (C=N–C) groups is 1. The molecule has 7 nitrogen and oxygen atoms in total. The normalized spacial score (nSPS) is 17.3. The van der Waals surface area contributed by atoms with Gasteiger partial charge in [-0.15, -0.1) is 0 Å². The molecule has 1 saturated heterocycles. The molecule has 1 fully saturated rings. The molecule has 0 atom stereocenters. The Balaban J connectivity index is 1.62. The van der Waals surface area contributed by atoms with Crippen LogP contribution in [0.2, 0.25) is 0 Å². The highest BCUT2D eigenvalue weighted by atomic mass is 32.2. The molecule has 2 aliphatic heterocycles. The summed E-state index contributed by atoms with van der Waals surface area (Å²) in [5.74, 6) is 2.83. The summed E-state index contributed by atoms with van der Waals surface area (Å²) in [5, 5.41) is 0. The van der Waals surface area contributed by atoms with Crippen LogP contribution in [0, 0.1) is 0 Å². The van der Waals surface area contributed by atoms with Crippen LogP contribution < -0.4 is 9.64 Å². The molecule has 0 spiro atoms. The lowest BCUT2D eigenvalue weighted by Gasteiger charge is -2.27. The van der Waals surface area contributed by atoms with Crippen LogP contribution in [0.15, 0.2) is 29.6 Å². The van der Waals surface area contributed by atoms with Crippen LogP contribution in [0.1, 0.15) is 30.7 Å². The van der Waals surface area contributed by atoms with Crippen LogP contribution in [0.5, 0.6) is 5.88 Å². The van der Waals surface area contributed by atoms with Crippen molar-refractivity contribution >= 4 is 22.3 Å². The Morgan fingerprint density at radius 3 is 2.73 bits per heavy atom. The molecule has 0 aliphatic carbocycles. The lowest BCUT2D eigenvalue weighted by atomic mass is 10.1. The van der Waals surface area contributed by atoms with Crippen molar-refractivity contribution in [2.45, 2.75) is 26.5 Å². The minimum Gasteiger partial charge on any atom is -0.475 e. The van der Waals surface area contributed by atoms with Crippen molar-refractivity contribution < 1.29 is 8.95 Å². The van der Waals surface area contributed by atoms with E-state index in [0.29, 0.717) is 23.9 Å². The Labute approximate surface area is 155 Å². The predicted molar refractivity (Wildman–Crippen MR) is 101 cm³/mol. The third-order valence-electron chi connectivity index (χ3n) is 4.38. The van der Waals surface area contributed by atoms with Crippen molar-refractivity contribution in [3.8, 4) is 5.88 Å². The topological polar surface area (TPSA) is 80.6 Å². The molecule has 26 heavy (non-hydrogen) atoms. The molecule has 4 heterocycles. The molecule has 2 aromatic heterocycles. The molecule has 0 unspecified atom stereocenters. The predicted octanol–water partition coefficient (Wildman–Crippen LogP) is 1.58. The van der Waals surface area contributed by atoms with Crippen molar-refractivity contribution in [3.63, 3.8) is 0 Å². The van der Waals surface area contributed by atoms with Gasteiger partial charge >= 0.3 is 0 Å². The van der Waals surface area contributed by atoms with E-state index in [4.69, 9.17) is 4.74 Å². The first-order chi connectivity index (χ1) is 12.6. The Bertz CT molecular complexity index is 874. The smallest absolute Gasteiger partial charge is 0.214 e. The fourth-order valence-corrected chi connectivity index (χ4v) is 4.15. The van der Waals surface area contributed by atoms with Gasteiger partial charge in [0.2, 0.25) is 5.88 Å². The average Bonchev–Trinajstić information content (AvgIpc) is 3.05. The highest BCUT2D eigenvalue weighted by Gasteiger charge is 2.22. The van der Waals surface area contributed by atoms with Gasteiger partial charge in [0.1, 0.15) is 12.1 Å². The van der Waals surface area contributed by atoms with Gasteiger partial charge in [0.05, 0.1) is 24.1 Å². The molecular weight excluding hydrogens is 350 g/mol. The maximum absolute atomic E-state index is 11.6. The van der Waals surface area contributed by atoms with Crippen molar-refractivity contribution in [1.82, 2.24) is 15.0 Å². The van der Waals surface area contributed by atoms with Gasteiger partial charge in [0.25, 0.3) is 0 Å². The minimum atomic E-state index is -0.709. The zero-order valence-corrected chi connectivity index (χ0v) is 15.7. The fraction of sp³-hybridized carbons (Fsp3) is 0.444. The molecular formula is C18H21N5O2S. The number of fused-ring (bicyclic) bond motifs is 1. The molecule has 136 valence electrons. The van der Waals surface area contributed by atoms with E-state index in [1.807, 2.05) is 32.2 Å². The van der Waals surface area contributed by atoms with Crippen LogP contribution >= 0.6 is 0 Å². The summed E-state index contributed by atoms with van der Waals surface area (Å²) in [7, 11) is -0.709. The number of nitrogens with zero attached hydrogens (tertiary/aromatic N) is 5. The summed E-state index contributed by atoms with van der Waals surface area (Å²) in [4.78, 5) is 20.0. The molecule has 0 radical (unpaired) electrons. The van der Waals surface area contributed by atoms with E-state index in [2.05, 4.69) is 24.8 Å². The lowest BCUT2D eigenvalue weighted by Crippen LogP contribution is -2.38. The third-order valence-corrected chi connectivity index (χ3v) is 5.65. The van der Waals surface area contributed by atoms with Crippen molar-refractivity contribution in [2.75, 3.05) is 29.5 Å². The number of hydrogen-bond acceptors (Lipinski definition) is 7. The van der Waals surface area contributed by atoms with Gasteiger partial charge in [0, 0.05) is 64.9 Å². The van der Waals surface area contributed by atoms with Gasteiger partial charge < -0.3 is 9.64 Å². The van der Waals surface area contributed by atoms with E-state index < -0.39 is 10.8 Å². The molecule has 0 amide bonds. The summed E-state index contributed by atoms with van der Waals surface area (Å²) < 4.78 is 17.3. The Morgan fingerprint density at radius 1 is 1.15 bits per heavy atom. The Morgan fingerprint density at radius 2 is 1.96 bits per heavy atom. The second kappa shape index (κ2) is 7.11. The standard InChI is InChI=1S/C18H21N5O2S/c1-12(2)25-17-7-14-13(9-19-17)10-20-18(14)15-8-16(22-11-21-15)23-3-5-26(24)6-4-23/h7-9,11-12H,3-6,10H2,1-2H3. The van der Waals surface area contributed by atoms with E-state index >= 15 is 0 Å². The largest absolute Gasteiger partial charge is 0.475 e. The number of anilines is 1. The zero-order chi connectivity index (χ0) is 18.1. The van der Waals surface area contributed by atoms with Gasteiger partial charge in [-0.3, -0.25) is 9.20 Å². The quantitative estimate of drug-likeness (QED) is 0.812. The molecule has 2 aromatic rings. The summed E-state index contributed by atoms with van der Waals surface area (Å²) in [6.07, 6.45) is 3.47. The van der Waals surface area contributed by atoms with Crippen molar-refractivity contribution in [1.29, 1.82) is 0 Å². The highest BCUT2D eigenvalue weighted by molar-refractivity contribution is 7.85. The van der Waals surface area contributed by atoms with E-state index in [1.165, 1.54) is 0 Å². The number of rotatable bonds is 4. The molecule has 0 aromatic carbocycles. The lowest BCUT2D eigenvalue weighted by molar-refractivity contribution is 0.232. The van der Waals surface area contributed by atoms with Crippen LogP contribution in [0.4, 0.5) is 5.82 Å². The third kappa shape index (κ3) is 3.46. The summed E-state index contributed by atoms with van der Waals surface area (Å²) in [6, 6.07) is 3.90. The second-order valence-corrected chi connectivity index (χ2v) is 8.30. The van der Waals surface area contributed by atoms with E-state index in [1.54, 1.807) is 6.33 Å². The van der Waals surface area contributed by atoms with Crippen LogP contribution in [-0.2, 0) is 17.3 Å². The van der Waals surface area contributed by atoms with Crippen molar-refractivity contribution in [3.05, 3.63) is 41.5 Å². The maximum atomic E-state index is 11.6. The molecule has 0 saturated carbocycles. The molecule has 8 heteroatoms. The van der Waals surface area contributed by atoms with Crippen LogP contribution in [0.25, 0.3) is 0 Å². The molecule has 0 N–H and O–H groups in total. The van der Waals surface area contributed by atoms with Crippen LogP contribution in [0.3, 0.4) is 0 Å². The SMILES string of the molecule is CC(C)Oc1cc2c(cn1)CN=C2c1cc(N2CCS(=O)CC2)ncn1. The van der Waals surface area contributed by atoms with Crippen molar-refractivity contribution in [2.24, 2.45) is 4.99 Å². The van der Waals surface area contributed by atoms with Gasteiger partial charge in [-0.05, 0) is 13.8 Å². The number of pyridine rings is 1. The van der Waals surface area contributed by atoms with E-state index in [-0.39, 0.29) is 6.10 Å².